The summed E-state index contributed by atoms with van der Waals surface area (Å²) in [6.07, 6.45) is 3.07. The Morgan fingerprint density at radius 2 is 2.13 bits per heavy atom. The number of nitrogens with zero attached hydrogens (tertiary/aromatic N) is 1. The summed E-state index contributed by atoms with van der Waals surface area (Å²) < 4.78 is -0.505. The van der Waals surface area contributed by atoms with Gasteiger partial charge in [0, 0.05) is 31.2 Å². The van der Waals surface area contributed by atoms with Crippen LogP contribution in [0.4, 0.5) is 0 Å². The van der Waals surface area contributed by atoms with E-state index in [2.05, 4.69) is 20.9 Å². The minimum atomic E-state index is -0.533. The molecule has 0 radical (unpaired) electrons. The van der Waals surface area contributed by atoms with E-state index in [0.717, 1.165) is 0 Å². The standard InChI is InChI=1S/C15H20N4O3S/c1-15(2)14(22)19-11(9-23-15)13(21)18-7-6-17-12(20)10-4-3-5-16-8-10/h3-5,8,11H,6-7,9H2,1-2H3,(H,17,20)(H,18,21)(H,19,22). The maximum Gasteiger partial charge on any atom is 0.252 e. The van der Waals surface area contributed by atoms with Crippen molar-refractivity contribution in [2.24, 2.45) is 0 Å². The Kier molecular flexibility index (Phi) is 5.59. The minimum absolute atomic E-state index is 0.140. The van der Waals surface area contributed by atoms with Gasteiger partial charge in [-0.2, -0.15) is 0 Å². The van der Waals surface area contributed by atoms with Crippen LogP contribution in [-0.4, -0.2) is 52.3 Å². The maximum absolute atomic E-state index is 12.0. The first kappa shape index (κ1) is 17.3. The molecule has 1 unspecified atom stereocenters. The van der Waals surface area contributed by atoms with Crippen molar-refractivity contribution < 1.29 is 14.4 Å². The SMILES string of the molecule is CC1(C)SCC(C(=O)NCCNC(=O)c2cccnc2)NC1=O. The van der Waals surface area contributed by atoms with Crippen molar-refractivity contribution in [2.45, 2.75) is 24.6 Å². The largest absolute Gasteiger partial charge is 0.353 e. The number of carbonyl (C=O) groups excluding carboxylic acids is 3. The molecular formula is C15H20N4O3S. The normalized spacial score (nSPS) is 19.6. The zero-order valence-electron chi connectivity index (χ0n) is 13.1. The third-order valence-corrected chi connectivity index (χ3v) is 4.82. The van der Waals surface area contributed by atoms with Crippen LogP contribution in [0, 0.1) is 0 Å². The van der Waals surface area contributed by atoms with E-state index in [1.165, 1.54) is 18.0 Å². The molecule has 2 heterocycles. The van der Waals surface area contributed by atoms with Crippen LogP contribution in [0.3, 0.4) is 0 Å². The van der Waals surface area contributed by atoms with Crippen LogP contribution in [0.2, 0.25) is 0 Å². The van der Waals surface area contributed by atoms with Crippen LogP contribution in [0.1, 0.15) is 24.2 Å². The average molecular weight is 336 g/mol. The second-order valence-electron chi connectivity index (χ2n) is 5.64. The fraction of sp³-hybridized carbons (Fsp3) is 0.467. The lowest BCUT2D eigenvalue weighted by atomic mass is 10.1. The van der Waals surface area contributed by atoms with E-state index < -0.39 is 10.8 Å². The Morgan fingerprint density at radius 3 is 2.78 bits per heavy atom. The summed E-state index contributed by atoms with van der Waals surface area (Å²) >= 11 is 1.46. The molecule has 0 aromatic carbocycles. The summed E-state index contributed by atoms with van der Waals surface area (Å²) in [6, 6.07) is 2.81. The van der Waals surface area contributed by atoms with Gasteiger partial charge in [-0.25, -0.2) is 0 Å². The molecule has 3 N–H and O–H groups in total. The molecule has 7 nitrogen and oxygen atoms in total. The van der Waals surface area contributed by atoms with Gasteiger partial charge >= 0.3 is 0 Å². The molecule has 0 saturated carbocycles. The van der Waals surface area contributed by atoms with Crippen molar-refractivity contribution in [3.05, 3.63) is 30.1 Å². The van der Waals surface area contributed by atoms with E-state index in [1.807, 2.05) is 13.8 Å². The van der Waals surface area contributed by atoms with Gasteiger partial charge in [0.05, 0.1) is 10.3 Å². The van der Waals surface area contributed by atoms with E-state index in [4.69, 9.17) is 0 Å². The Labute approximate surface area is 139 Å². The quantitative estimate of drug-likeness (QED) is 0.654. The van der Waals surface area contributed by atoms with Crippen molar-refractivity contribution in [2.75, 3.05) is 18.8 Å². The van der Waals surface area contributed by atoms with Gasteiger partial charge in [0.2, 0.25) is 11.8 Å². The summed E-state index contributed by atoms with van der Waals surface area (Å²) in [5, 5.41) is 8.12. The molecule has 1 saturated heterocycles. The number of nitrogens with one attached hydrogen (secondary N) is 3. The van der Waals surface area contributed by atoms with Gasteiger partial charge < -0.3 is 16.0 Å². The van der Waals surface area contributed by atoms with E-state index in [0.29, 0.717) is 24.4 Å². The van der Waals surface area contributed by atoms with Crippen molar-refractivity contribution in [3.8, 4) is 0 Å². The highest BCUT2D eigenvalue weighted by Gasteiger charge is 2.37. The van der Waals surface area contributed by atoms with Crippen LogP contribution in [-0.2, 0) is 9.59 Å². The van der Waals surface area contributed by atoms with E-state index in [-0.39, 0.29) is 17.7 Å². The van der Waals surface area contributed by atoms with Gasteiger partial charge in [0.1, 0.15) is 6.04 Å². The van der Waals surface area contributed by atoms with Gasteiger partial charge in [-0.15, -0.1) is 11.8 Å². The molecule has 1 aromatic rings. The maximum atomic E-state index is 12.0. The molecule has 124 valence electrons. The van der Waals surface area contributed by atoms with Gasteiger partial charge in [-0.05, 0) is 26.0 Å². The Bertz CT molecular complexity index is 592. The highest BCUT2D eigenvalue weighted by molar-refractivity contribution is 8.01. The number of amides is 3. The molecule has 1 atom stereocenters. The third kappa shape index (κ3) is 4.69. The molecule has 0 aliphatic carbocycles. The van der Waals surface area contributed by atoms with Crippen LogP contribution in [0.15, 0.2) is 24.5 Å². The summed E-state index contributed by atoms with van der Waals surface area (Å²) in [4.78, 5) is 39.5. The molecular weight excluding hydrogens is 316 g/mol. The number of thioether (sulfide) groups is 1. The van der Waals surface area contributed by atoms with Crippen LogP contribution in [0.5, 0.6) is 0 Å². The highest BCUT2D eigenvalue weighted by Crippen LogP contribution is 2.28. The predicted molar refractivity (Wildman–Crippen MR) is 88.0 cm³/mol. The second kappa shape index (κ2) is 7.45. The molecule has 3 amide bonds. The number of hydrogen-bond acceptors (Lipinski definition) is 5. The predicted octanol–water partition coefficient (Wildman–Crippen LogP) is -0.0622. The lowest BCUT2D eigenvalue weighted by molar-refractivity contribution is -0.129. The molecule has 1 aliphatic rings. The summed E-state index contributed by atoms with van der Waals surface area (Å²) in [5.74, 6) is -0.0847. The molecule has 0 bridgehead atoms. The molecule has 0 spiro atoms. The topological polar surface area (TPSA) is 100 Å². The Morgan fingerprint density at radius 1 is 1.39 bits per heavy atom. The molecule has 1 aromatic heterocycles. The first-order chi connectivity index (χ1) is 10.9. The van der Waals surface area contributed by atoms with Crippen molar-refractivity contribution in [1.82, 2.24) is 20.9 Å². The first-order valence-corrected chi connectivity index (χ1v) is 8.29. The average Bonchev–Trinajstić information content (AvgIpc) is 2.54. The number of carbonyl (C=O) groups is 3. The molecule has 1 fully saturated rings. The fourth-order valence-electron chi connectivity index (χ4n) is 1.96. The van der Waals surface area contributed by atoms with E-state index in [9.17, 15) is 14.4 Å². The van der Waals surface area contributed by atoms with Crippen LogP contribution >= 0.6 is 11.8 Å². The van der Waals surface area contributed by atoms with Gasteiger partial charge in [0.15, 0.2) is 0 Å². The van der Waals surface area contributed by atoms with Crippen molar-refractivity contribution >= 4 is 29.5 Å². The van der Waals surface area contributed by atoms with Gasteiger partial charge in [-0.1, -0.05) is 0 Å². The van der Waals surface area contributed by atoms with Gasteiger partial charge in [0.25, 0.3) is 5.91 Å². The van der Waals surface area contributed by atoms with E-state index >= 15 is 0 Å². The summed E-state index contributed by atoms with van der Waals surface area (Å²) in [7, 11) is 0. The van der Waals surface area contributed by atoms with Crippen molar-refractivity contribution in [1.29, 1.82) is 0 Å². The third-order valence-electron chi connectivity index (χ3n) is 3.41. The lowest BCUT2D eigenvalue weighted by Gasteiger charge is -2.32. The minimum Gasteiger partial charge on any atom is -0.353 e. The molecule has 2 rings (SSSR count). The first-order valence-electron chi connectivity index (χ1n) is 7.31. The smallest absolute Gasteiger partial charge is 0.252 e. The number of pyridine rings is 1. The summed E-state index contributed by atoms with van der Waals surface area (Å²) in [6.45, 7) is 4.26. The van der Waals surface area contributed by atoms with Crippen LogP contribution < -0.4 is 16.0 Å². The number of aromatic nitrogens is 1. The molecule has 8 heteroatoms. The second-order valence-corrected chi connectivity index (χ2v) is 7.28. The molecule has 1 aliphatic heterocycles. The van der Waals surface area contributed by atoms with Crippen LogP contribution in [0.25, 0.3) is 0 Å². The number of hydrogen-bond donors (Lipinski definition) is 3. The Balaban J connectivity index is 1.69. The van der Waals surface area contributed by atoms with Crippen molar-refractivity contribution in [3.63, 3.8) is 0 Å². The number of rotatable bonds is 5. The van der Waals surface area contributed by atoms with E-state index in [1.54, 1.807) is 18.3 Å². The molecule has 23 heavy (non-hydrogen) atoms. The zero-order chi connectivity index (χ0) is 16.9. The fourth-order valence-corrected chi connectivity index (χ4v) is 2.96. The zero-order valence-corrected chi connectivity index (χ0v) is 13.9. The van der Waals surface area contributed by atoms with Gasteiger partial charge in [-0.3, -0.25) is 19.4 Å². The lowest BCUT2D eigenvalue weighted by Crippen LogP contribution is -2.57. The highest BCUT2D eigenvalue weighted by atomic mass is 32.2. The Hall–Kier alpha value is -2.09. The monoisotopic (exact) mass is 336 g/mol. The summed E-state index contributed by atoms with van der Waals surface area (Å²) in [5.41, 5.74) is 0.469.